The van der Waals surface area contributed by atoms with Crippen molar-refractivity contribution in [2.24, 2.45) is 4.58 Å². The van der Waals surface area contributed by atoms with Crippen molar-refractivity contribution in [3.8, 4) is 0 Å². The number of rotatable bonds is 7. The highest BCUT2D eigenvalue weighted by molar-refractivity contribution is 7.90. The highest BCUT2D eigenvalue weighted by Crippen LogP contribution is 2.18. The molecule has 0 amide bonds. The number of nitrogens with zero attached hydrogens (tertiary/aromatic N) is 2. The van der Waals surface area contributed by atoms with Gasteiger partial charge in [-0.05, 0) is 6.42 Å². The SMILES string of the molecule is CCCCCC(N1CCOCC1)S(=O)(=O)N=O. The summed E-state index contributed by atoms with van der Waals surface area (Å²) in [7, 11) is -3.90. The Morgan fingerprint density at radius 2 is 1.94 bits per heavy atom. The van der Waals surface area contributed by atoms with Crippen LogP contribution in [0.25, 0.3) is 0 Å². The summed E-state index contributed by atoms with van der Waals surface area (Å²) >= 11 is 0. The Bertz CT molecular complexity index is 325. The minimum Gasteiger partial charge on any atom is -0.379 e. The zero-order valence-corrected chi connectivity index (χ0v) is 11.0. The van der Waals surface area contributed by atoms with E-state index in [1.165, 1.54) is 0 Å². The first-order chi connectivity index (χ1) is 8.11. The fourth-order valence-corrected chi connectivity index (χ4v) is 3.16. The summed E-state index contributed by atoms with van der Waals surface area (Å²) in [5, 5.41) is -0.768. The molecule has 17 heavy (non-hydrogen) atoms. The third kappa shape index (κ3) is 4.33. The Labute approximate surface area is 102 Å². The minimum atomic E-state index is -3.90. The Kier molecular flexibility index (Phi) is 6.01. The summed E-state index contributed by atoms with van der Waals surface area (Å²) in [5.74, 6) is 0. The summed E-state index contributed by atoms with van der Waals surface area (Å²) in [6.07, 6.45) is 3.26. The molecule has 1 rings (SSSR count). The second-order valence-electron chi connectivity index (χ2n) is 4.19. The van der Waals surface area contributed by atoms with E-state index in [4.69, 9.17) is 4.74 Å². The van der Waals surface area contributed by atoms with Crippen LogP contribution in [0.2, 0.25) is 0 Å². The van der Waals surface area contributed by atoms with Crippen LogP contribution in [0.15, 0.2) is 4.58 Å². The molecule has 1 atom stereocenters. The summed E-state index contributed by atoms with van der Waals surface area (Å²) in [4.78, 5) is 12.2. The molecular formula is C10H20N2O4S. The number of sulfonamides is 1. The monoisotopic (exact) mass is 264 g/mol. The number of ether oxygens (including phenoxy) is 1. The summed E-state index contributed by atoms with van der Waals surface area (Å²) in [6, 6.07) is 0. The van der Waals surface area contributed by atoms with E-state index in [1.54, 1.807) is 4.90 Å². The van der Waals surface area contributed by atoms with Gasteiger partial charge in [-0.15, -0.1) is 4.91 Å². The van der Waals surface area contributed by atoms with Crippen molar-refractivity contribution in [2.75, 3.05) is 26.3 Å². The number of hydrogen-bond acceptors (Lipinski definition) is 5. The number of nitroso groups, excluding NO2 is 1. The number of hydrogen-bond donors (Lipinski definition) is 0. The lowest BCUT2D eigenvalue weighted by Gasteiger charge is -2.32. The molecule has 1 aliphatic rings. The molecule has 7 heteroatoms. The Morgan fingerprint density at radius 1 is 1.29 bits per heavy atom. The maximum Gasteiger partial charge on any atom is 0.304 e. The minimum absolute atomic E-state index is 0.474. The van der Waals surface area contributed by atoms with Crippen molar-refractivity contribution < 1.29 is 13.2 Å². The molecule has 0 aromatic rings. The standard InChI is InChI=1S/C10H20N2O4S/c1-2-3-4-5-10(17(14,15)11-13)12-6-8-16-9-7-12/h10H,2-9H2,1H3. The number of unbranched alkanes of at least 4 members (excludes halogenated alkanes) is 2. The zero-order chi connectivity index (χ0) is 12.7. The van der Waals surface area contributed by atoms with Crippen LogP contribution in [0.1, 0.15) is 32.6 Å². The number of morpholine rings is 1. The first kappa shape index (κ1) is 14.5. The van der Waals surface area contributed by atoms with Gasteiger partial charge in [0.2, 0.25) is 0 Å². The maximum atomic E-state index is 11.6. The molecule has 1 unspecified atom stereocenters. The summed E-state index contributed by atoms with van der Waals surface area (Å²) in [6.45, 7) is 4.17. The molecule has 0 bridgehead atoms. The second kappa shape index (κ2) is 7.03. The Morgan fingerprint density at radius 3 is 2.47 bits per heavy atom. The smallest absolute Gasteiger partial charge is 0.304 e. The van der Waals surface area contributed by atoms with Gasteiger partial charge in [-0.25, -0.2) is 8.42 Å². The van der Waals surface area contributed by atoms with E-state index in [2.05, 4.69) is 11.5 Å². The molecule has 6 nitrogen and oxygen atoms in total. The van der Waals surface area contributed by atoms with E-state index >= 15 is 0 Å². The zero-order valence-electron chi connectivity index (χ0n) is 10.2. The van der Waals surface area contributed by atoms with Gasteiger partial charge < -0.3 is 4.74 Å². The van der Waals surface area contributed by atoms with Crippen LogP contribution in [-0.2, 0) is 14.8 Å². The van der Waals surface area contributed by atoms with E-state index in [0.29, 0.717) is 32.7 Å². The molecule has 1 heterocycles. The normalized spacial score (nSPS) is 20.1. The molecule has 0 N–H and O–H groups in total. The fourth-order valence-electron chi connectivity index (χ4n) is 2.00. The van der Waals surface area contributed by atoms with Crippen molar-refractivity contribution in [3.63, 3.8) is 0 Å². The largest absolute Gasteiger partial charge is 0.379 e. The van der Waals surface area contributed by atoms with Gasteiger partial charge in [-0.1, -0.05) is 26.2 Å². The molecular weight excluding hydrogens is 244 g/mol. The second-order valence-corrected chi connectivity index (χ2v) is 5.91. The quantitative estimate of drug-likeness (QED) is 0.512. The van der Waals surface area contributed by atoms with E-state index in [9.17, 15) is 13.3 Å². The third-order valence-electron chi connectivity index (χ3n) is 2.96. The van der Waals surface area contributed by atoms with E-state index in [-0.39, 0.29) is 0 Å². The molecule has 1 fully saturated rings. The van der Waals surface area contributed by atoms with Crippen molar-refractivity contribution in [2.45, 2.75) is 38.0 Å². The molecule has 100 valence electrons. The molecule has 0 aromatic heterocycles. The van der Waals surface area contributed by atoms with Gasteiger partial charge in [0.15, 0.2) is 0 Å². The summed E-state index contributed by atoms with van der Waals surface area (Å²) in [5.41, 5.74) is 0. The van der Waals surface area contributed by atoms with Crippen LogP contribution in [0.4, 0.5) is 0 Å². The van der Waals surface area contributed by atoms with E-state index in [0.717, 1.165) is 19.3 Å². The highest BCUT2D eigenvalue weighted by Gasteiger charge is 2.32. The molecule has 0 aliphatic carbocycles. The lowest BCUT2D eigenvalue weighted by atomic mass is 10.2. The van der Waals surface area contributed by atoms with Crippen LogP contribution in [0.3, 0.4) is 0 Å². The van der Waals surface area contributed by atoms with Crippen LogP contribution in [0.5, 0.6) is 0 Å². The van der Waals surface area contributed by atoms with Gasteiger partial charge >= 0.3 is 10.0 Å². The van der Waals surface area contributed by atoms with Crippen molar-refractivity contribution in [1.29, 1.82) is 0 Å². The molecule has 1 saturated heterocycles. The predicted octanol–water partition coefficient (Wildman–Crippen LogP) is 1.32. The molecule has 1 aliphatic heterocycles. The maximum absolute atomic E-state index is 11.6. The predicted molar refractivity (Wildman–Crippen MR) is 65.0 cm³/mol. The third-order valence-corrected chi connectivity index (χ3v) is 4.38. The molecule has 0 spiro atoms. The van der Waals surface area contributed by atoms with Gasteiger partial charge in [0.25, 0.3) is 0 Å². The van der Waals surface area contributed by atoms with Crippen molar-refractivity contribution in [3.05, 3.63) is 4.91 Å². The van der Waals surface area contributed by atoms with Crippen LogP contribution in [0, 0.1) is 4.91 Å². The van der Waals surface area contributed by atoms with Gasteiger partial charge in [0.05, 0.1) is 17.8 Å². The highest BCUT2D eigenvalue weighted by atomic mass is 32.2. The average molecular weight is 264 g/mol. The fraction of sp³-hybridized carbons (Fsp3) is 1.00. The Balaban J connectivity index is 2.67. The van der Waals surface area contributed by atoms with Gasteiger partial charge in [-0.2, -0.15) is 0 Å². The summed E-state index contributed by atoms with van der Waals surface area (Å²) < 4.78 is 30.8. The van der Waals surface area contributed by atoms with Crippen LogP contribution < -0.4 is 0 Å². The lowest BCUT2D eigenvalue weighted by molar-refractivity contribution is 0.0295. The van der Waals surface area contributed by atoms with E-state index in [1.807, 2.05) is 0 Å². The molecule has 0 aromatic carbocycles. The average Bonchev–Trinajstić information content (AvgIpc) is 2.35. The first-order valence-corrected chi connectivity index (χ1v) is 7.52. The Hall–Kier alpha value is -0.530. The first-order valence-electron chi connectivity index (χ1n) is 6.02. The van der Waals surface area contributed by atoms with Gasteiger partial charge in [0, 0.05) is 13.1 Å². The van der Waals surface area contributed by atoms with Crippen LogP contribution >= 0.6 is 0 Å². The molecule has 0 saturated carbocycles. The lowest BCUT2D eigenvalue weighted by Crippen LogP contribution is -2.46. The van der Waals surface area contributed by atoms with E-state index < -0.39 is 15.4 Å². The van der Waals surface area contributed by atoms with Gasteiger partial charge in [0.1, 0.15) is 5.37 Å². The topological polar surface area (TPSA) is 76.0 Å². The van der Waals surface area contributed by atoms with Gasteiger partial charge in [-0.3, -0.25) is 4.90 Å². The van der Waals surface area contributed by atoms with Crippen LogP contribution in [-0.4, -0.2) is 45.0 Å². The molecule has 0 radical (unpaired) electrons. The van der Waals surface area contributed by atoms with Crippen molar-refractivity contribution in [1.82, 2.24) is 4.90 Å². The van der Waals surface area contributed by atoms with Crippen molar-refractivity contribution >= 4 is 10.0 Å².